The van der Waals surface area contributed by atoms with Gasteiger partial charge in [0.1, 0.15) is 5.76 Å². The van der Waals surface area contributed by atoms with Crippen LogP contribution in [0.2, 0.25) is 5.15 Å². The maximum absolute atomic E-state index is 12.5. The smallest absolute Gasteiger partial charge is 0.223 e. The second-order valence-corrected chi connectivity index (χ2v) is 7.21. The topological polar surface area (TPSA) is 69.8 Å². The standard InChI is InChI=1S/C16H24ClN3O3/c1-19-7-2-5-16(11-21)6-8-20(10-13(16)19)15(22)4-3-12-9-14(17)18-23-12/h9,13,21H,2-8,10-11H2,1H3/t13-,16-/m1/s1. The average molecular weight is 342 g/mol. The van der Waals surface area contributed by atoms with E-state index in [0.29, 0.717) is 30.3 Å². The molecule has 7 heteroatoms. The van der Waals surface area contributed by atoms with E-state index in [2.05, 4.69) is 17.1 Å². The highest BCUT2D eigenvalue weighted by atomic mass is 35.5. The molecule has 0 aromatic carbocycles. The number of hydrogen-bond acceptors (Lipinski definition) is 5. The van der Waals surface area contributed by atoms with Gasteiger partial charge in [-0.3, -0.25) is 4.79 Å². The number of amides is 1. The molecule has 0 spiro atoms. The van der Waals surface area contributed by atoms with E-state index in [1.807, 2.05) is 4.90 Å². The maximum atomic E-state index is 12.5. The summed E-state index contributed by atoms with van der Waals surface area (Å²) in [6.45, 7) is 2.67. The van der Waals surface area contributed by atoms with E-state index in [1.165, 1.54) is 0 Å². The maximum Gasteiger partial charge on any atom is 0.223 e. The number of piperidine rings is 2. The first-order valence-corrected chi connectivity index (χ1v) is 8.62. The van der Waals surface area contributed by atoms with Gasteiger partial charge in [0.25, 0.3) is 0 Å². The molecule has 3 rings (SSSR count). The normalized spacial score (nSPS) is 28.7. The van der Waals surface area contributed by atoms with Crippen LogP contribution in [0.25, 0.3) is 0 Å². The third-order valence-corrected chi connectivity index (χ3v) is 5.66. The van der Waals surface area contributed by atoms with Crippen LogP contribution in [0.3, 0.4) is 0 Å². The van der Waals surface area contributed by atoms with E-state index in [4.69, 9.17) is 16.1 Å². The Morgan fingerprint density at radius 3 is 3.04 bits per heavy atom. The molecule has 0 unspecified atom stereocenters. The molecule has 2 saturated heterocycles. The number of carbonyl (C=O) groups excluding carboxylic acids is 1. The van der Waals surface area contributed by atoms with Crippen molar-refractivity contribution in [3.05, 3.63) is 17.0 Å². The van der Waals surface area contributed by atoms with Crippen LogP contribution in [0.5, 0.6) is 0 Å². The van der Waals surface area contributed by atoms with Gasteiger partial charge in [0.15, 0.2) is 5.15 Å². The first-order valence-electron chi connectivity index (χ1n) is 8.24. The van der Waals surface area contributed by atoms with E-state index >= 15 is 0 Å². The molecular weight excluding hydrogens is 318 g/mol. The molecule has 1 aromatic rings. The summed E-state index contributed by atoms with van der Waals surface area (Å²) < 4.78 is 5.04. The number of likely N-dealkylation sites (tertiary alicyclic amines) is 2. The Balaban J connectivity index is 1.60. The molecule has 2 aliphatic heterocycles. The zero-order valence-electron chi connectivity index (χ0n) is 13.5. The van der Waals surface area contributed by atoms with E-state index in [-0.39, 0.29) is 24.0 Å². The highest BCUT2D eigenvalue weighted by Crippen LogP contribution is 2.41. The Kier molecular flexibility index (Phi) is 4.94. The van der Waals surface area contributed by atoms with Crippen LogP contribution in [0, 0.1) is 5.41 Å². The van der Waals surface area contributed by atoms with Gasteiger partial charge in [-0.05, 0) is 32.9 Å². The number of halogens is 1. The lowest BCUT2D eigenvalue weighted by atomic mass is 9.69. The van der Waals surface area contributed by atoms with Crippen molar-refractivity contribution in [3.8, 4) is 0 Å². The predicted molar refractivity (Wildman–Crippen MR) is 86.2 cm³/mol. The van der Waals surface area contributed by atoms with Gasteiger partial charge in [-0.25, -0.2) is 0 Å². The van der Waals surface area contributed by atoms with Crippen molar-refractivity contribution in [2.75, 3.05) is 33.3 Å². The van der Waals surface area contributed by atoms with Crippen molar-refractivity contribution in [1.82, 2.24) is 15.0 Å². The van der Waals surface area contributed by atoms with Crippen LogP contribution in [0.1, 0.15) is 31.4 Å². The van der Waals surface area contributed by atoms with Gasteiger partial charge in [-0.2, -0.15) is 0 Å². The summed E-state index contributed by atoms with van der Waals surface area (Å²) in [6.07, 6.45) is 3.96. The highest BCUT2D eigenvalue weighted by molar-refractivity contribution is 6.29. The molecule has 6 nitrogen and oxygen atoms in total. The minimum atomic E-state index is -0.0394. The van der Waals surface area contributed by atoms with Gasteiger partial charge in [0.05, 0.1) is 6.61 Å². The number of rotatable bonds is 4. The molecule has 3 heterocycles. The molecule has 128 valence electrons. The average Bonchev–Trinajstić information content (AvgIpc) is 2.98. The van der Waals surface area contributed by atoms with Gasteiger partial charge < -0.3 is 19.4 Å². The zero-order valence-corrected chi connectivity index (χ0v) is 14.3. The molecule has 2 fully saturated rings. The lowest BCUT2D eigenvalue weighted by Gasteiger charge is -2.53. The SMILES string of the molecule is CN1CCC[C@]2(CO)CCN(C(=O)CCc3cc(Cl)no3)C[C@@H]12. The Morgan fingerprint density at radius 2 is 2.35 bits per heavy atom. The van der Waals surface area contributed by atoms with Crippen LogP contribution in [-0.2, 0) is 11.2 Å². The fourth-order valence-electron chi connectivity index (χ4n) is 4.04. The van der Waals surface area contributed by atoms with Crippen molar-refractivity contribution < 1.29 is 14.4 Å². The molecule has 0 radical (unpaired) electrons. The fraction of sp³-hybridized carbons (Fsp3) is 0.750. The van der Waals surface area contributed by atoms with Crippen molar-refractivity contribution in [2.24, 2.45) is 5.41 Å². The second-order valence-electron chi connectivity index (χ2n) is 6.83. The van der Waals surface area contributed by atoms with Crippen molar-refractivity contribution in [1.29, 1.82) is 0 Å². The highest BCUT2D eigenvalue weighted by Gasteiger charge is 2.47. The second kappa shape index (κ2) is 6.79. The summed E-state index contributed by atoms with van der Waals surface area (Å²) in [5.74, 6) is 0.767. The first kappa shape index (κ1) is 16.7. The molecule has 2 aliphatic rings. The minimum Gasteiger partial charge on any atom is -0.396 e. The first-order chi connectivity index (χ1) is 11.0. The number of aliphatic hydroxyl groups excluding tert-OH is 1. The Hall–Kier alpha value is -1.11. The predicted octanol–water partition coefficient (Wildman–Crippen LogP) is 1.57. The van der Waals surface area contributed by atoms with E-state index in [0.717, 1.165) is 32.4 Å². The number of aromatic nitrogens is 1. The van der Waals surface area contributed by atoms with Gasteiger partial charge in [0, 0.05) is 43.5 Å². The molecule has 0 aliphatic carbocycles. The van der Waals surface area contributed by atoms with Gasteiger partial charge >= 0.3 is 0 Å². The third-order valence-electron chi connectivity index (χ3n) is 5.48. The molecule has 1 amide bonds. The lowest BCUT2D eigenvalue weighted by Crippen LogP contribution is -2.62. The summed E-state index contributed by atoms with van der Waals surface area (Å²) in [7, 11) is 2.10. The van der Waals surface area contributed by atoms with Crippen molar-refractivity contribution in [2.45, 2.75) is 38.1 Å². The summed E-state index contributed by atoms with van der Waals surface area (Å²) in [4.78, 5) is 16.7. The number of fused-ring (bicyclic) bond motifs is 1. The van der Waals surface area contributed by atoms with Gasteiger partial charge in [-0.15, -0.1) is 0 Å². The van der Waals surface area contributed by atoms with Crippen LogP contribution in [0.15, 0.2) is 10.6 Å². The van der Waals surface area contributed by atoms with Crippen LogP contribution in [0.4, 0.5) is 0 Å². The number of carbonyl (C=O) groups is 1. The summed E-state index contributed by atoms with van der Waals surface area (Å²) in [5.41, 5.74) is -0.0394. The fourth-order valence-corrected chi connectivity index (χ4v) is 4.19. The number of nitrogens with zero attached hydrogens (tertiary/aromatic N) is 3. The summed E-state index contributed by atoms with van der Waals surface area (Å²) in [5, 5.41) is 13.9. The largest absolute Gasteiger partial charge is 0.396 e. The van der Waals surface area contributed by atoms with Crippen LogP contribution in [-0.4, -0.2) is 65.3 Å². The number of aryl methyl sites for hydroxylation is 1. The molecule has 2 atom stereocenters. The van der Waals surface area contributed by atoms with Crippen molar-refractivity contribution in [3.63, 3.8) is 0 Å². The summed E-state index contributed by atoms with van der Waals surface area (Å²) in [6, 6.07) is 1.90. The van der Waals surface area contributed by atoms with Crippen molar-refractivity contribution >= 4 is 17.5 Å². The van der Waals surface area contributed by atoms with E-state index in [9.17, 15) is 9.90 Å². The molecule has 1 aromatic heterocycles. The van der Waals surface area contributed by atoms with Crippen LogP contribution < -0.4 is 0 Å². The quantitative estimate of drug-likeness (QED) is 0.900. The van der Waals surface area contributed by atoms with E-state index < -0.39 is 0 Å². The molecule has 1 N–H and O–H groups in total. The zero-order chi connectivity index (χ0) is 16.4. The van der Waals surface area contributed by atoms with Crippen LogP contribution >= 0.6 is 11.6 Å². The van der Waals surface area contributed by atoms with E-state index in [1.54, 1.807) is 6.07 Å². The third kappa shape index (κ3) is 3.39. The summed E-state index contributed by atoms with van der Waals surface area (Å²) >= 11 is 5.72. The lowest BCUT2D eigenvalue weighted by molar-refractivity contribution is -0.139. The van der Waals surface area contributed by atoms with Gasteiger partial charge in [-0.1, -0.05) is 16.8 Å². The molecule has 23 heavy (non-hydrogen) atoms. The minimum absolute atomic E-state index is 0.0394. The molecule has 0 saturated carbocycles. The Morgan fingerprint density at radius 1 is 1.52 bits per heavy atom. The monoisotopic (exact) mass is 341 g/mol. The Labute approximate surface area is 141 Å². The molecule has 0 bridgehead atoms. The number of aliphatic hydroxyl groups is 1. The molecular formula is C16H24ClN3O3. The van der Waals surface area contributed by atoms with Gasteiger partial charge in [0.2, 0.25) is 5.91 Å². The number of likely N-dealkylation sites (N-methyl/N-ethyl adjacent to an activating group) is 1. The number of hydrogen-bond donors (Lipinski definition) is 1. The Bertz CT molecular complexity index is 565.